The molecule has 0 fully saturated rings. The van der Waals surface area contributed by atoms with Crippen LogP contribution in [0.25, 0.3) is 22.4 Å². The number of aryl methyl sites for hydroxylation is 1. The van der Waals surface area contributed by atoms with Crippen molar-refractivity contribution in [1.29, 1.82) is 0 Å². The van der Waals surface area contributed by atoms with Gasteiger partial charge in [-0.2, -0.15) is 0 Å². The van der Waals surface area contributed by atoms with Crippen LogP contribution in [0.1, 0.15) is 5.56 Å². The highest BCUT2D eigenvalue weighted by atomic mass is 35.5. The summed E-state index contributed by atoms with van der Waals surface area (Å²) >= 11 is 12.3. The van der Waals surface area contributed by atoms with E-state index < -0.39 is 0 Å². The minimum Gasteiger partial charge on any atom is -0.367 e. The highest BCUT2D eigenvalue weighted by Gasteiger charge is 2.20. The number of aromatic nitrogens is 1. The van der Waals surface area contributed by atoms with E-state index >= 15 is 0 Å². The van der Waals surface area contributed by atoms with Gasteiger partial charge >= 0.3 is 0 Å². The van der Waals surface area contributed by atoms with Crippen molar-refractivity contribution in [2.24, 2.45) is 0 Å². The van der Waals surface area contributed by atoms with Gasteiger partial charge in [0.05, 0.1) is 10.6 Å². The second-order valence-corrected chi connectivity index (χ2v) is 5.55. The van der Waals surface area contributed by atoms with Gasteiger partial charge in [-0.3, -0.25) is 0 Å². The predicted octanol–water partition coefficient (Wildman–Crippen LogP) is 5.21. The Balaban J connectivity index is 2.27. The van der Waals surface area contributed by atoms with Crippen LogP contribution in [0.3, 0.4) is 0 Å². The maximum absolute atomic E-state index is 6.26. The number of hydrogen-bond donors (Lipinski definition) is 1. The minimum absolute atomic E-state index is 0.260. The first-order valence-electron chi connectivity index (χ1n) is 6.34. The maximum Gasteiger partial charge on any atom is 0.230 e. The molecule has 0 atom stereocenters. The van der Waals surface area contributed by atoms with E-state index in [1.165, 1.54) is 0 Å². The number of anilines is 1. The quantitative estimate of drug-likeness (QED) is 0.706. The molecule has 106 valence electrons. The molecule has 2 aromatic carbocycles. The van der Waals surface area contributed by atoms with Crippen LogP contribution in [-0.2, 0) is 0 Å². The number of halogens is 2. The van der Waals surface area contributed by atoms with Crippen LogP contribution >= 0.6 is 23.2 Å². The Bertz CT molecular complexity index is 812. The summed E-state index contributed by atoms with van der Waals surface area (Å²) in [7, 11) is 0. The van der Waals surface area contributed by atoms with Crippen molar-refractivity contribution in [3.8, 4) is 22.4 Å². The summed E-state index contributed by atoms with van der Waals surface area (Å²) in [6.07, 6.45) is 0. The molecule has 3 rings (SSSR count). The molecule has 0 radical (unpaired) electrons. The van der Waals surface area contributed by atoms with Crippen molar-refractivity contribution in [2.45, 2.75) is 6.92 Å². The van der Waals surface area contributed by atoms with E-state index in [1.807, 2.05) is 31.2 Å². The molecule has 0 amide bonds. The third-order valence-corrected chi connectivity index (χ3v) is 3.88. The SMILES string of the molecule is Cc1ccccc1-c1c(-c2cc(Cl)ccc2Cl)noc1N. The molecular formula is C16H12Cl2N2O. The third kappa shape index (κ3) is 2.50. The summed E-state index contributed by atoms with van der Waals surface area (Å²) in [4.78, 5) is 0. The molecule has 2 N–H and O–H groups in total. The molecule has 1 aromatic heterocycles. The van der Waals surface area contributed by atoms with Gasteiger partial charge in [-0.05, 0) is 36.2 Å². The Morgan fingerprint density at radius 3 is 2.57 bits per heavy atom. The minimum atomic E-state index is 0.260. The zero-order chi connectivity index (χ0) is 15.0. The van der Waals surface area contributed by atoms with E-state index in [1.54, 1.807) is 18.2 Å². The van der Waals surface area contributed by atoms with Crippen LogP contribution in [0.15, 0.2) is 47.0 Å². The molecule has 0 aliphatic rings. The predicted molar refractivity (Wildman–Crippen MR) is 86.5 cm³/mol. The van der Waals surface area contributed by atoms with Crippen LogP contribution in [0.4, 0.5) is 5.88 Å². The van der Waals surface area contributed by atoms with Gasteiger partial charge in [0, 0.05) is 10.6 Å². The molecule has 0 aliphatic heterocycles. The number of nitrogen functional groups attached to an aromatic ring is 1. The Labute approximate surface area is 132 Å². The zero-order valence-electron chi connectivity index (χ0n) is 11.2. The van der Waals surface area contributed by atoms with Gasteiger partial charge in [0.2, 0.25) is 5.88 Å². The van der Waals surface area contributed by atoms with E-state index in [0.717, 1.165) is 16.7 Å². The summed E-state index contributed by atoms with van der Waals surface area (Å²) in [5.41, 5.74) is 10.0. The van der Waals surface area contributed by atoms with Crippen LogP contribution in [0, 0.1) is 6.92 Å². The van der Waals surface area contributed by atoms with E-state index in [4.69, 9.17) is 33.5 Å². The number of benzene rings is 2. The van der Waals surface area contributed by atoms with Gasteiger partial charge in [-0.1, -0.05) is 52.6 Å². The van der Waals surface area contributed by atoms with Crippen LogP contribution in [0.5, 0.6) is 0 Å². The molecule has 3 nitrogen and oxygen atoms in total. The smallest absolute Gasteiger partial charge is 0.230 e. The number of nitrogens with zero attached hydrogens (tertiary/aromatic N) is 1. The molecule has 0 aliphatic carbocycles. The molecule has 0 saturated carbocycles. The van der Waals surface area contributed by atoms with Gasteiger partial charge in [-0.15, -0.1) is 0 Å². The van der Waals surface area contributed by atoms with Crippen LogP contribution in [0.2, 0.25) is 10.0 Å². The van der Waals surface area contributed by atoms with Gasteiger partial charge in [0.1, 0.15) is 5.69 Å². The molecule has 0 saturated heterocycles. The lowest BCUT2D eigenvalue weighted by Gasteiger charge is -2.07. The molecule has 0 spiro atoms. The topological polar surface area (TPSA) is 52.0 Å². The Kier molecular flexibility index (Phi) is 3.62. The van der Waals surface area contributed by atoms with Gasteiger partial charge < -0.3 is 10.3 Å². The summed E-state index contributed by atoms with van der Waals surface area (Å²) in [5, 5.41) is 5.18. The lowest BCUT2D eigenvalue weighted by molar-refractivity contribution is 0.439. The Morgan fingerprint density at radius 1 is 1.05 bits per heavy atom. The molecule has 0 unspecified atom stereocenters. The van der Waals surface area contributed by atoms with Crippen molar-refractivity contribution in [2.75, 3.05) is 5.73 Å². The highest BCUT2D eigenvalue weighted by molar-refractivity contribution is 6.35. The van der Waals surface area contributed by atoms with Crippen molar-refractivity contribution in [3.63, 3.8) is 0 Å². The summed E-state index contributed by atoms with van der Waals surface area (Å²) in [6, 6.07) is 13.1. The first kappa shape index (κ1) is 14.0. The number of hydrogen-bond acceptors (Lipinski definition) is 3. The normalized spacial score (nSPS) is 10.8. The third-order valence-electron chi connectivity index (χ3n) is 3.32. The molecule has 21 heavy (non-hydrogen) atoms. The molecular weight excluding hydrogens is 307 g/mol. The number of rotatable bonds is 2. The van der Waals surface area contributed by atoms with Crippen molar-refractivity contribution in [3.05, 3.63) is 58.1 Å². The average molecular weight is 319 g/mol. The van der Waals surface area contributed by atoms with Crippen LogP contribution in [-0.4, -0.2) is 5.16 Å². The summed E-state index contributed by atoms with van der Waals surface area (Å²) in [6.45, 7) is 2.01. The molecule has 0 bridgehead atoms. The first-order chi connectivity index (χ1) is 10.1. The summed E-state index contributed by atoms with van der Waals surface area (Å²) < 4.78 is 5.18. The largest absolute Gasteiger partial charge is 0.367 e. The number of nitrogens with two attached hydrogens (primary N) is 1. The standard InChI is InChI=1S/C16H12Cl2N2O/c1-9-4-2-3-5-11(9)14-15(20-21-16(14)19)12-8-10(17)6-7-13(12)18/h2-8H,19H2,1H3. The molecule has 5 heteroatoms. The van der Waals surface area contributed by atoms with E-state index in [0.29, 0.717) is 21.3 Å². The molecule has 3 aromatic rings. The lowest BCUT2D eigenvalue weighted by atomic mass is 9.97. The van der Waals surface area contributed by atoms with E-state index in [9.17, 15) is 0 Å². The maximum atomic E-state index is 6.26. The fourth-order valence-electron chi connectivity index (χ4n) is 2.28. The first-order valence-corrected chi connectivity index (χ1v) is 7.10. The van der Waals surface area contributed by atoms with Gasteiger partial charge in [0.15, 0.2) is 0 Å². The van der Waals surface area contributed by atoms with Crippen molar-refractivity contribution < 1.29 is 4.52 Å². The fourth-order valence-corrected chi connectivity index (χ4v) is 2.66. The van der Waals surface area contributed by atoms with E-state index in [-0.39, 0.29) is 5.88 Å². The van der Waals surface area contributed by atoms with E-state index in [2.05, 4.69) is 5.16 Å². The van der Waals surface area contributed by atoms with Crippen molar-refractivity contribution >= 4 is 29.1 Å². The van der Waals surface area contributed by atoms with Gasteiger partial charge in [0.25, 0.3) is 0 Å². The van der Waals surface area contributed by atoms with Crippen molar-refractivity contribution in [1.82, 2.24) is 5.16 Å². The summed E-state index contributed by atoms with van der Waals surface area (Å²) in [5.74, 6) is 0.260. The zero-order valence-corrected chi connectivity index (χ0v) is 12.7. The monoisotopic (exact) mass is 318 g/mol. The molecule has 1 heterocycles. The lowest BCUT2D eigenvalue weighted by Crippen LogP contribution is -1.90. The van der Waals surface area contributed by atoms with Gasteiger partial charge in [-0.25, -0.2) is 0 Å². The fraction of sp³-hybridized carbons (Fsp3) is 0.0625. The highest BCUT2D eigenvalue weighted by Crippen LogP contribution is 2.40. The average Bonchev–Trinajstić information content (AvgIpc) is 2.84. The second kappa shape index (κ2) is 5.43. The Hall–Kier alpha value is -1.97. The van der Waals surface area contributed by atoms with Crippen LogP contribution < -0.4 is 5.73 Å². The Morgan fingerprint density at radius 2 is 1.81 bits per heavy atom. The second-order valence-electron chi connectivity index (χ2n) is 4.71.